The van der Waals surface area contributed by atoms with Gasteiger partial charge in [-0.2, -0.15) is 0 Å². The number of unbranched alkanes of at least 4 members (excludes halogenated alkanes) is 18. The third-order valence-corrected chi connectivity index (χ3v) is 10.3. The van der Waals surface area contributed by atoms with Gasteiger partial charge in [0.25, 0.3) is 7.82 Å². The number of carbonyl (C=O) groups is 2. The van der Waals surface area contributed by atoms with Crippen molar-refractivity contribution in [2.24, 2.45) is 0 Å². The zero-order chi connectivity index (χ0) is 41.8. The number of aliphatic hydroxyl groups is 2. The number of hydrogen-bond acceptors (Lipinski definition) is 10. The number of phosphoric ester groups is 1. The Hall–Kier alpha value is -2.17. The summed E-state index contributed by atoms with van der Waals surface area (Å²) in [4.78, 5) is 37.5. The molecule has 0 rings (SSSR count). The smallest absolute Gasteiger partial charge is 0.306 e. The van der Waals surface area contributed by atoms with Gasteiger partial charge in [0.15, 0.2) is 6.10 Å². The first-order chi connectivity index (χ1) is 26.8. The molecule has 1 unspecified atom stereocenters. The predicted octanol–water partition coefficient (Wildman–Crippen LogP) is 11.3. The van der Waals surface area contributed by atoms with Crippen LogP contribution in [0.1, 0.15) is 181 Å². The molecule has 0 aliphatic carbocycles. The van der Waals surface area contributed by atoms with E-state index in [0.717, 1.165) is 64.2 Å². The zero-order valence-electron chi connectivity index (χ0n) is 36.2. The van der Waals surface area contributed by atoms with E-state index in [9.17, 15) is 29.3 Å². The summed E-state index contributed by atoms with van der Waals surface area (Å²) >= 11 is 0. The molecule has 0 spiro atoms. The second kappa shape index (κ2) is 36.0. The number of likely N-dealkylation sites (N-methyl/N-ethyl adjacent to an activating group) is 1. The van der Waals surface area contributed by atoms with Gasteiger partial charge in [-0.1, -0.05) is 129 Å². The number of allylic oxidation sites excluding steroid dienone is 5. The fourth-order valence-electron chi connectivity index (χ4n) is 5.82. The van der Waals surface area contributed by atoms with Crippen molar-refractivity contribution in [2.45, 2.75) is 187 Å². The number of hydrogen-bond donors (Lipinski definition) is 2. The van der Waals surface area contributed by atoms with Crippen molar-refractivity contribution in [3.8, 4) is 0 Å². The van der Waals surface area contributed by atoms with Gasteiger partial charge in [-0.05, 0) is 50.7 Å². The van der Waals surface area contributed by atoms with Crippen LogP contribution in [0.2, 0.25) is 0 Å². The minimum atomic E-state index is -4.65. The van der Waals surface area contributed by atoms with E-state index >= 15 is 0 Å². The average molecular weight is 816 g/mol. The topological polar surface area (TPSA) is 152 Å². The monoisotopic (exact) mass is 816 g/mol. The van der Waals surface area contributed by atoms with Crippen molar-refractivity contribution < 1.29 is 52.3 Å². The number of rotatable bonds is 39. The molecule has 0 aliphatic heterocycles. The molecule has 0 saturated heterocycles. The summed E-state index contributed by atoms with van der Waals surface area (Å²) in [5.41, 5.74) is 0. The molecule has 0 radical (unpaired) electrons. The van der Waals surface area contributed by atoms with Crippen LogP contribution >= 0.6 is 7.82 Å². The van der Waals surface area contributed by atoms with Gasteiger partial charge in [-0.3, -0.25) is 14.2 Å². The number of ether oxygens (including phenoxy) is 2. The molecule has 0 aliphatic rings. The van der Waals surface area contributed by atoms with Crippen molar-refractivity contribution in [1.29, 1.82) is 0 Å². The largest absolute Gasteiger partial charge is 0.756 e. The highest BCUT2D eigenvalue weighted by Gasteiger charge is 2.21. The SMILES string of the molecule is CCCCCCCCCCCCCCCC(=O)OC[C@H](COP(=O)([O-])OCC[N+](C)(C)C)OC(=O)CCCCCC/C=C/C/C(O)=C/C/C=C(\O)CCCCC. The molecule has 2 atom stereocenters. The molecule has 328 valence electrons. The maximum Gasteiger partial charge on any atom is 0.306 e. The molecular formula is C44H82NO10P. The second-order valence-corrected chi connectivity index (χ2v) is 17.5. The van der Waals surface area contributed by atoms with Gasteiger partial charge in [0.05, 0.1) is 39.3 Å². The third kappa shape index (κ3) is 38.7. The van der Waals surface area contributed by atoms with Gasteiger partial charge < -0.3 is 38.1 Å². The molecule has 2 N–H and O–H groups in total. The van der Waals surface area contributed by atoms with E-state index in [2.05, 4.69) is 13.8 Å². The molecule has 0 aromatic carbocycles. The maximum absolute atomic E-state index is 12.7. The highest BCUT2D eigenvalue weighted by atomic mass is 31.2. The summed E-state index contributed by atoms with van der Waals surface area (Å²) in [6.07, 6.45) is 31.3. The Morgan fingerprint density at radius 1 is 0.643 bits per heavy atom. The first-order valence-electron chi connectivity index (χ1n) is 21.9. The lowest BCUT2D eigenvalue weighted by Crippen LogP contribution is -2.37. The van der Waals surface area contributed by atoms with Crippen molar-refractivity contribution >= 4 is 19.8 Å². The predicted molar refractivity (Wildman–Crippen MR) is 225 cm³/mol. The van der Waals surface area contributed by atoms with E-state index in [1.54, 1.807) is 12.2 Å². The van der Waals surface area contributed by atoms with E-state index in [0.29, 0.717) is 48.9 Å². The average Bonchev–Trinajstić information content (AvgIpc) is 3.13. The van der Waals surface area contributed by atoms with Crippen LogP contribution in [0.4, 0.5) is 0 Å². The summed E-state index contributed by atoms with van der Waals surface area (Å²) in [7, 11) is 1.08. The van der Waals surface area contributed by atoms with Gasteiger partial charge in [0, 0.05) is 25.7 Å². The molecule has 0 saturated carbocycles. The van der Waals surface area contributed by atoms with Crippen LogP contribution in [0.25, 0.3) is 0 Å². The Balaban J connectivity index is 4.51. The number of aliphatic hydroxyl groups excluding tert-OH is 2. The van der Waals surface area contributed by atoms with Gasteiger partial charge in [-0.15, -0.1) is 0 Å². The standard InChI is InChI=1S/C44H82NO10P/c1-6-8-10-11-12-13-14-15-16-17-20-23-27-34-43(48)52-38-42(39-54-56(50,51)53-37-36-45(3,4)5)55-44(49)35-28-24-21-18-19-22-26-31-41(47)33-29-32-40(46)30-25-9-7-2/h22,26,32-33,42H,6-21,23-25,27-31,34-39H2,1-5H3,(H2-,46,47,50,51)/b26-22+,40-32-,41-33-/t42-/m1/s1. The van der Waals surface area contributed by atoms with Crippen molar-refractivity contribution in [1.82, 2.24) is 0 Å². The molecule has 0 amide bonds. The summed E-state index contributed by atoms with van der Waals surface area (Å²) in [5, 5.41) is 19.9. The fourth-order valence-corrected chi connectivity index (χ4v) is 6.55. The number of nitrogens with zero attached hydrogens (tertiary/aromatic N) is 1. The third-order valence-electron chi connectivity index (χ3n) is 9.38. The summed E-state index contributed by atoms with van der Waals surface area (Å²) in [6.45, 7) is 3.97. The lowest BCUT2D eigenvalue weighted by Gasteiger charge is -2.28. The first-order valence-corrected chi connectivity index (χ1v) is 23.4. The van der Waals surface area contributed by atoms with Gasteiger partial charge in [0.2, 0.25) is 0 Å². The molecule has 12 heteroatoms. The number of phosphoric acid groups is 1. The zero-order valence-corrected chi connectivity index (χ0v) is 37.0. The molecule has 0 aromatic heterocycles. The van der Waals surface area contributed by atoms with Crippen LogP contribution in [0.3, 0.4) is 0 Å². The molecule has 0 aromatic rings. The molecular weight excluding hydrogens is 733 g/mol. The lowest BCUT2D eigenvalue weighted by atomic mass is 10.0. The number of esters is 2. The van der Waals surface area contributed by atoms with E-state index in [1.165, 1.54) is 57.8 Å². The number of quaternary nitrogens is 1. The highest BCUT2D eigenvalue weighted by Crippen LogP contribution is 2.38. The van der Waals surface area contributed by atoms with E-state index < -0.39 is 32.5 Å². The van der Waals surface area contributed by atoms with Crippen molar-refractivity contribution in [3.05, 3.63) is 35.8 Å². The van der Waals surface area contributed by atoms with E-state index in [1.807, 2.05) is 33.3 Å². The van der Waals surface area contributed by atoms with E-state index in [-0.39, 0.29) is 31.8 Å². The van der Waals surface area contributed by atoms with Crippen LogP contribution in [-0.2, 0) is 32.7 Å². The summed E-state index contributed by atoms with van der Waals surface area (Å²) < 4.78 is 33.8. The van der Waals surface area contributed by atoms with Crippen LogP contribution in [-0.4, -0.2) is 80.2 Å². The van der Waals surface area contributed by atoms with Crippen LogP contribution in [0.15, 0.2) is 35.8 Å². The Bertz CT molecular complexity index is 1120. The minimum Gasteiger partial charge on any atom is -0.756 e. The van der Waals surface area contributed by atoms with Crippen LogP contribution < -0.4 is 4.89 Å². The molecule has 11 nitrogen and oxygen atoms in total. The molecule has 56 heavy (non-hydrogen) atoms. The highest BCUT2D eigenvalue weighted by molar-refractivity contribution is 7.45. The van der Waals surface area contributed by atoms with E-state index in [4.69, 9.17) is 18.5 Å². The number of carbonyl (C=O) groups excluding carboxylic acids is 2. The van der Waals surface area contributed by atoms with Crippen molar-refractivity contribution in [2.75, 3.05) is 47.5 Å². The Morgan fingerprint density at radius 3 is 1.73 bits per heavy atom. The summed E-state index contributed by atoms with van der Waals surface area (Å²) in [6, 6.07) is 0. The van der Waals surface area contributed by atoms with Crippen molar-refractivity contribution in [3.63, 3.8) is 0 Å². The van der Waals surface area contributed by atoms with Gasteiger partial charge >= 0.3 is 11.9 Å². The first kappa shape index (κ1) is 53.8. The van der Waals surface area contributed by atoms with Gasteiger partial charge in [0.1, 0.15) is 19.8 Å². The Kier molecular flexibility index (Phi) is 34.6. The maximum atomic E-state index is 12.7. The summed E-state index contributed by atoms with van der Waals surface area (Å²) in [5.74, 6) is -0.274. The molecule has 0 heterocycles. The van der Waals surface area contributed by atoms with Crippen LogP contribution in [0, 0.1) is 0 Å². The molecule has 0 bridgehead atoms. The normalized spacial score (nSPS) is 14.2. The van der Waals surface area contributed by atoms with Crippen LogP contribution in [0.5, 0.6) is 0 Å². The quantitative estimate of drug-likeness (QED) is 0.0153. The Morgan fingerprint density at radius 2 is 1.14 bits per heavy atom. The molecule has 0 fully saturated rings. The lowest BCUT2D eigenvalue weighted by molar-refractivity contribution is -0.870. The minimum absolute atomic E-state index is 0.0542. The Labute approximate surface area is 341 Å². The van der Waals surface area contributed by atoms with Gasteiger partial charge in [-0.25, -0.2) is 0 Å². The second-order valence-electron chi connectivity index (χ2n) is 16.1. The fraction of sp³-hybridized carbons (Fsp3) is 0.818.